The van der Waals surface area contributed by atoms with Crippen molar-refractivity contribution >= 4 is 22.9 Å². The average molecular weight is 328 g/mol. The molecular formula is C20H16N4O. The molecule has 0 bridgehead atoms. The molecule has 5 heteroatoms. The first-order valence-corrected chi connectivity index (χ1v) is 7.92. The number of para-hydroxylation sites is 1. The Morgan fingerprint density at radius 2 is 1.64 bits per heavy atom. The molecule has 0 unspecified atom stereocenters. The Balaban J connectivity index is 1.61. The molecule has 0 saturated carbocycles. The van der Waals surface area contributed by atoms with E-state index in [1.807, 2.05) is 79.0 Å². The first kappa shape index (κ1) is 15.1. The fourth-order valence-corrected chi connectivity index (χ4v) is 2.50. The second kappa shape index (κ2) is 6.57. The molecule has 0 radical (unpaired) electrons. The molecule has 0 N–H and O–H groups in total. The molecule has 122 valence electrons. The molecule has 1 heterocycles. The third-order valence-corrected chi connectivity index (χ3v) is 3.83. The Labute approximate surface area is 145 Å². The van der Waals surface area contributed by atoms with Gasteiger partial charge >= 0.3 is 0 Å². The Morgan fingerprint density at radius 1 is 0.880 bits per heavy atom. The first-order chi connectivity index (χ1) is 12.3. The van der Waals surface area contributed by atoms with Gasteiger partial charge in [-0.2, -0.15) is 4.80 Å². The quantitative estimate of drug-likeness (QED) is 0.528. The van der Waals surface area contributed by atoms with Crippen LogP contribution in [0.5, 0.6) is 5.75 Å². The van der Waals surface area contributed by atoms with Gasteiger partial charge in [-0.15, -0.1) is 10.2 Å². The molecule has 0 spiro atoms. The van der Waals surface area contributed by atoms with E-state index in [2.05, 4.69) is 15.2 Å². The number of ether oxygens (including phenoxy) is 1. The van der Waals surface area contributed by atoms with E-state index in [1.165, 1.54) is 0 Å². The highest BCUT2D eigenvalue weighted by Crippen LogP contribution is 2.20. The van der Waals surface area contributed by atoms with Crippen LogP contribution < -0.4 is 4.74 Å². The molecule has 4 aromatic rings. The Morgan fingerprint density at radius 3 is 2.40 bits per heavy atom. The minimum Gasteiger partial charge on any atom is -0.497 e. The van der Waals surface area contributed by atoms with Gasteiger partial charge in [-0.3, -0.25) is 4.99 Å². The molecule has 0 aliphatic heterocycles. The van der Waals surface area contributed by atoms with Crippen LogP contribution in [0, 0.1) is 0 Å². The fraction of sp³-hybridized carbons (Fsp3) is 0.0500. The highest BCUT2D eigenvalue weighted by atomic mass is 16.5. The monoisotopic (exact) mass is 328 g/mol. The second-order valence-electron chi connectivity index (χ2n) is 5.53. The number of hydrogen-bond donors (Lipinski definition) is 0. The molecule has 0 fully saturated rings. The maximum atomic E-state index is 5.16. The topological polar surface area (TPSA) is 52.3 Å². The van der Waals surface area contributed by atoms with E-state index in [0.717, 1.165) is 33.7 Å². The summed E-state index contributed by atoms with van der Waals surface area (Å²) in [6.07, 6.45) is 1.82. The SMILES string of the molecule is COc1ccc(C=Nc2ccc3nn(-c4ccccc4)nc3c2)cc1. The predicted molar refractivity (Wildman–Crippen MR) is 99.1 cm³/mol. The lowest BCUT2D eigenvalue weighted by Gasteiger charge is -1.98. The molecule has 4 rings (SSSR count). The number of aromatic nitrogens is 3. The van der Waals surface area contributed by atoms with Gasteiger partial charge in [0.2, 0.25) is 0 Å². The standard InChI is InChI=1S/C20H16N4O/c1-25-18-10-7-15(8-11-18)14-21-16-9-12-19-20(13-16)23-24(22-19)17-5-3-2-4-6-17/h2-14H,1H3. The molecule has 25 heavy (non-hydrogen) atoms. The zero-order valence-corrected chi connectivity index (χ0v) is 13.7. The van der Waals surface area contributed by atoms with Crippen LogP contribution >= 0.6 is 0 Å². The van der Waals surface area contributed by atoms with E-state index in [-0.39, 0.29) is 0 Å². The number of fused-ring (bicyclic) bond motifs is 1. The van der Waals surface area contributed by atoms with Gasteiger partial charge < -0.3 is 4.74 Å². The van der Waals surface area contributed by atoms with Crippen LogP contribution in [0.25, 0.3) is 16.7 Å². The van der Waals surface area contributed by atoms with Gasteiger partial charge in [-0.1, -0.05) is 18.2 Å². The van der Waals surface area contributed by atoms with Crippen molar-refractivity contribution in [1.82, 2.24) is 15.0 Å². The Bertz CT molecular complexity index is 1020. The van der Waals surface area contributed by atoms with Crippen molar-refractivity contribution in [3.8, 4) is 11.4 Å². The van der Waals surface area contributed by atoms with E-state index in [1.54, 1.807) is 11.9 Å². The smallest absolute Gasteiger partial charge is 0.118 e. The van der Waals surface area contributed by atoms with Crippen molar-refractivity contribution in [2.75, 3.05) is 7.11 Å². The number of methoxy groups -OCH3 is 1. The van der Waals surface area contributed by atoms with Crippen LogP contribution in [-0.4, -0.2) is 28.3 Å². The van der Waals surface area contributed by atoms with Gasteiger partial charge in [0, 0.05) is 6.21 Å². The van der Waals surface area contributed by atoms with E-state index in [4.69, 9.17) is 4.74 Å². The largest absolute Gasteiger partial charge is 0.497 e. The zero-order chi connectivity index (χ0) is 17.1. The van der Waals surface area contributed by atoms with Crippen LogP contribution in [0.15, 0.2) is 77.8 Å². The summed E-state index contributed by atoms with van der Waals surface area (Å²) >= 11 is 0. The third kappa shape index (κ3) is 3.26. The number of aliphatic imine (C=N–C) groups is 1. The normalized spacial score (nSPS) is 11.2. The van der Waals surface area contributed by atoms with Gasteiger partial charge in [0.1, 0.15) is 16.8 Å². The minimum absolute atomic E-state index is 0.813. The maximum absolute atomic E-state index is 5.16. The number of rotatable bonds is 4. The molecule has 0 saturated heterocycles. The molecule has 0 aliphatic rings. The highest BCUT2D eigenvalue weighted by molar-refractivity contribution is 5.84. The van der Waals surface area contributed by atoms with Crippen LogP contribution in [0.2, 0.25) is 0 Å². The van der Waals surface area contributed by atoms with Crippen molar-refractivity contribution in [2.45, 2.75) is 0 Å². The lowest BCUT2D eigenvalue weighted by atomic mass is 10.2. The van der Waals surface area contributed by atoms with Gasteiger partial charge in [0.05, 0.1) is 18.5 Å². The summed E-state index contributed by atoms with van der Waals surface area (Å²) in [4.78, 5) is 6.16. The lowest BCUT2D eigenvalue weighted by molar-refractivity contribution is 0.415. The summed E-state index contributed by atoms with van der Waals surface area (Å²) in [5.41, 5.74) is 4.43. The summed E-state index contributed by atoms with van der Waals surface area (Å²) in [5, 5.41) is 9.04. The second-order valence-corrected chi connectivity index (χ2v) is 5.53. The van der Waals surface area contributed by atoms with E-state index >= 15 is 0 Å². The first-order valence-electron chi connectivity index (χ1n) is 7.92. The van der Waals surface area contributed by atoms with Gasteiger partial charge in [0.15, 0.2) is 0 Å². The Kier molecular flexibility index (Phi) is 3.96. The van der Waals surface area contributed by atoms with E-state index in [0.29, 0.717) is 0 Å². The van der Waals surface area contributed by atoms with Crippen molar-refractivity contribution in [3.63, 3.8) is 0 Å². The molecule has 0 atom stereocenters. The van der Waals surface area contributed by atoms with Crippen LogP contribution in [-0.2, 0) is 0 Å². The minimum atomic E-state index is 0.813. The number of hydrogen-bond acceptors (Lipinski definition) is 4. The van der Waals surface area contributed by atoms with E-state index < -0.39 is 0 Å². The van der Waals surface area contributed by atoms with Gasteiger partial charge in [-0.25, -0.2) is 0 Å². The van der Waals surface area contributed by atoms with Crippen molar-refractivity contribution in [2.24, 2.45) is 4.99 Å². The molecular weight excluding hydrogens is 312 g/mol. The summed E-state index contributed by atoms with van der Waals surface area (Å²) < 4.78 is 5.16. The predicted octanol–water partition coefficient (Wildman–Crippen LogP) is 4.18. The average Bonchev–Trinajstić information content (AvgIpc) is 3.11. The van der Waals surface area contributed by atoms with Gasteiger partial charge in [-0.05, 0) is 60.2 Å². The Hall–Kier alpha value is -3.47. The van der Waals surface area contributed by atoms with Crippen LogP contribution in [0.4, 0.5) is 5.69 Å². The van der Waals surface area contributed by atoms with Crippen LogP contribution in [0.1, 0.15) is 5.56 Å². The summed E-state index contributed by atoms with van der Waals surface area (Å²) in [6.45, 7) is 0. The summed E-state index contributed by atoms with van der Waals surface area (Å²) in [5.74, 6) is 0.830. The lowest BCUT2D eigenvalue weighted by Crippen LogP contribution is -1.97. The number of nitrogens with zero attached hydrogens (tertiary/aromatic N) is 4. The van der Waals surface area contributed by atoms with E-state index in [9.17, 15) is 0 Å². The fourth-order valence-electron chi connectivity index (χ4n) is 2.50. The third-order valence-electron chi connectivity index (χ3n) is 3.83. The maximum Gasteiger partial charge on any atom is 0.118 e. The van der Waals surface area contributed by atoms with Gasteiger partial charge in [0.25, 0.3) is 0 Å². The summed E-state index contributed by atoms with van der Waals surface area (Å²) in [6, 6.07) is 23.4. The molecule has 0 aliphatic carbocycles. The molecule has 1 aromatic heterocycles. The molecule has 5 nitrogen and oxygen atoms in total. The molecule has 3 aromatic carbocycles. The molecule has 0 amide bonds. The van der Waals surface area contributed by atoms with Crippen molar-refractivity contribution < 1.29 is 4.74 Å². The van der Waals surface area contributed by atoms with Crippen molar-refractivity contribution in [1.29, 1.82) is 0 Å². The number of benzene rings is 3. The van der Waals surface area contributed by atoms with Crippen molar-refractivity contribution in [3.05, 3.63) is 78.4 Å². The highest BCUT2D eigenvalue weighted by Gasteiger charge is 2.04. The van der Waals surface area contributed by atoms with Crippen LogP contribution in [0.3, 0.4) is 0 Å². The zero-order valence-electron chi connectivity index (χ0n) is 13.7. The summed E-state index contributed by atoms with van der Waals surface area (Å²) in [7, 11) is 1.65.